The summed E-state index contributed by atoms with van der Waals surface area (Å²) in [6.07, 6.45) is -4.23. The quantitative estimate of drug-likeness (QED) is 0.897. The lowest BCUT2D eigenvalue weighted by Crippen LogP contribution is -2.35. The summed E-state index contributed by atoms with van der Waals surface area (Å²) in [5.41, 5.74) is 7.26. The summed E-state index contributed by atoms with van der Waals surface area (Å²) in [5, 5.41) is 2.41. The van der Waals surface area contributed by atoms with Crippen molar-refractivity contribution in [2.45, 2.75) is 19.1 Å². The highest BCUT2D eigenvalue weighted by Crippen LogP contribution is 2.25. The van der Waals surface area contributed by atoms with Gasteiger partial charge in [-0.15, -0.1) is 0 Å². The van der Waals surface area contributed by atoms with Gasteiger partial charge in [0.05, 0.1) is 6.54 Å². The van der Waals surface area contributed by atoms with E-state index in [1.165, 1.54) is 0 Å². The maximum Gasteiger partial charge on any atom is 0.401 e. The highest BCUT2D eigenvalue weighted by molar-refractivity contribution is 9.10. The smallest absolute Gasteiger partial charge is 0.329 e. The summed E-state index contributed by atoms with van der Waals surface area (Å²) in [6.45, 7) is 0.974. The lowest BCUT2D eigenvalue weighted by molar-refractivity contribution is -0.126. The van der Waals surface area contributed by atoms with E-state index in [9.17, 15) is 13.2 Å². The fourth-order valence-electron chi connectivity index (χ4n) is 1.47. The average molecular weight is 311 g/mol. The lowest BCUT2D eigenvalue weighted by Gasteiger charge is -2.20. The largest absolute Gasteiger partial charge is 0.401 e. The Kier molecular flexibility index (Phi) is 4.97. The van der Waals surface area contributed by atoms with E-state index in [2.05, 4.69) is 21.2 Å². The van der Waals surface area contributed by atoms with Crippen molar-refractivity contribution in [3.63, 3.8) is 0 Å². The number of rotatable bonds is 4. The van der Waals surface area contributed by atoms with E-state index < -0.39 is 18.8 Å². The molecule has 1 unspecified atom stereocenters. The van der Waals surface area contributed by atoms with Gasteiger partial charge in [0.25, 0.3) is 0 Å². The maximum atomic E-state index is 12.1. The molecule has 0 aliphatic carbocycles. The molecule has 0 heterocycles. The highest BCUT2D eigenvalue weighted by Gasteiger charge is 2.28. The van der Waals surface area contributed by atoms with Crippen LogP contribution in [0, 0.1) is 6.92 Å². The minimum absolute atomic E-state index is 0.109. The van der Waals surface area contributed by atoms with Crippen LogP contribution < -0.4 is 11.1 Å². The maximum absolute atomic E-state index is 12.1. The molecule has 0 aliphatic rings. The summed E-state index contributed by atoms with van der Waals surface area (Å²) < 4.78 is 37.1. The average Bonchev–Trinajstić information content (AvgIpc) is 2.19. The molecule has 96 valence electrons. The zero-order chi connectivity index (χ0) is 13.1. The number of alkyl halides is 3. The third-order valence-electron chi connectivity index (χ3n) is 2.32. The summed E-state index contributed by atoms with van der Waals surface area (Å²) in [7, 11) is 0. The van der Waals surface area contributed by atoms with Gasteiger partial charge in [-0.1, -0.05) is 28.1 Å². The van der Waals surface area contributed by atoms with E-state index in [0.717, 1.165) is 15.6 Å². The van der Waals surface area contributed by atoms with Gasteiger partial charge >= 0.3 is 6.18 Å². The summed E-state index contributed by atoms with van der Waals surface area (Å²) in [4.78, 5) is 0. The van der Waals surface area contributed by atoms with Gasteiger partial charge in [0.2, 0.25) is 0 Å². The first kappa shape index (κ1) is 14.5. The predicted molar refractivity (Wildman–Crippen MR) is 64.7 cm³/mol. The number of hydrogen-bond acceptors (Lipinski definition) is 2. The van der Waals surface area contributed by atoms with Crippen LogP contribution in [0.4, 0.5) is 13.2 Å². The van der Waals surface area contributed by atoms with Crippen molar-refractivity contribution >= 4 is 15.9 Å². The van der Waals surface area contributed by atoms with Gasteiger partial charge in [0.1, 0.15) is 0 Å². The third kappa shape index (κ3) is 4.65. The Morgan fingerprint density at radius 3 is 2.53 bits per heavy atom. The zero-order valence-electron chi connectivity index (χ0n) is 9.31. The second-order valence-corrected chi connectivity index (χ2v) is 4.66. The van der Waals surface area contributed by atoms with E-state index in [1.54, 1.807) is 6.07 Å². The first-order valence-corrected chi connectivity index (χ1v) is 5.89. The third-order valence-corrected chi connectivity index (χ3v) is 3.00. The first-order chi connectivity index (χ1) is 7.83. The van der Waals surface area contributed by atoms with E-state index >= 15 is 0 Å². The van der Waals surface area contributed by atoms with Crippen LogP contribution in [0.15, 0.2) is 22.7 Å². The number of aryl methyl sites for hydroxylation is 1. The SMILES string of the molecule is Cc1ccc(C(CN)NCC(F)(F)F)c(Br)c1. The highest BCUT2D eigenvalue weighted by atomic mass is 79.9. The van der Waals surface area contributed by atoms with Crippen LogP contribution in [-0.4, -0.2) is 19.3 Å². The molecule has 1 rings (SSSR count). The summed E-state index contributed by atoms with van der Waals surface area (Å²) >= 11 is 3.33. The number of halogens is 4. The minimum Gasteiger partial charge on any atom is -0.329 e. The van der Waals surface area contributed by atoms with Crippen molar-refractivity contribution in [2.75, 3.05) is 13.1 Å². The molecule has 1 aromatic rings. The molecule has 0 bridgehead atoms. The Morgan fingerprint density at radius 1 is 1.41 bits per heavy atom. The van der Waals surface area contributed by atoms with Gasteiger partial charge in [-0.25, -0.2) is 0 Å². The molecular formula is C11H14BrF3N2. The topological polar surface area (TPSA) is 38.0 Å². The van der Waals surface area contributed by atoms with Crippen LogP contribution in [0.3, 0.4) is 0 Å². The Labute approximate surface area is 107 Å². The molecule has 1 atom stereocenters. The van der Waals surface area contributed by atoms with Crippen molar-refractivity contribution in [2.24, 2.45) is 5.73 Å². The monoisotopic (exact) mass is 310 g/mol. The number of benzene rings is 1. The molecule has 0 saturated heterocycles. The molecule has 3 N–H and O–H groups in total. The number of hydrogen-bond donors (Lipinski definition) is 2. The van der Waals surface area contributed by atoms with Crippen molar-refractivity contribution in [1.29, 1.82) is 0 Å². The van der Waals surface area contributed by atoms with E-state index in [4.69, 9.17) is 5.73 Å². The fraction of sp³-hybridized carbons (Fsp3) is 0.455. The minimum atomic E-state index is -4.23. The molecular weight excluding hydrogens is 297 g/mol. The van der Waals surface area contributed by atoms with Gasteiger partial charge in [-0.3, -0.25) is 0 Å². The molecule has 0 spiro atoms. The van der Waals surface area contributed by atoms with Gasteiger partial charge in [-0.2, -0.15) is 13.2 Å². The molecule has 1 aromatic carbocycles. The Hall–Kier alpha value is -0.590. The van der Waals surface area contributed by atoms with E-state index in [1.807, 2.05) is 19.1 Å². The number of nitrogens with one attached hydrogen (secondary N) is 1. The van der Waals surface area contributed by atoms with Crippen LogP contribution in [-0.2, 0) is 0 Å². The molecule has 0 aliphatic heterocycles. The summed E-state index contributed by atoms with van der Waals surface area (Å²) in [5.74, 6) is 0. The molecule has 2 nitrogen and oxygen atoms in total. The lowest BCUT2D eigenvalue weighted by atomic mass is 10.1. The zero-order valence-corrected chi connectivity index (χ0v) is 10.9. The van der Waals surface area contributed by atoms with E-state index in [-0.39, 0.29) is 6.54 Å². The summed E-state index contributed by atoms with van der Waals surface area (Å²) in [6, 6.07) is 4.97. The second-order valence-electron chi connectivity index (χ2n) is 3.81. The molecule has 0 fully saturated rings. The van der Waals surface area contributed by atoms with Crippen molar-refractivity contribution < 1.29 is 13.2 Å². The van der Waals surface area contributed by atoms with Crippen molar-refractivity contribution in [3.05, 3.63) is 33.8 Å². The molecule has 17 heavy (non-hydrogen) atoms. The number of nitrogens with two attached hydrogens (primary N) is 1. The Bertz CT molecular complexity index is 379. The fourth-order valence-corrected chi connectivity index (χ4v) is 2.24. The van der Waals surface area contributed by atoms with Crippen molar-refractivity contribution in [1.82, 2.24) is 5.32 Å². The molecule has 6 heteroatoms. The van der Waals surface area contributed by atoms with Gasteiger partial charge in [0, 0.05) is 17.1 Å². The molecule has 0 amide bonds. The molecule has 0 aromatic heterocycles. The Balaban J connectivity index is 2.79. The predicted octanol–water partition coefficient (Wildman–Crippen LogP) is 2.91. The van der Waals surface area contributed by atoms with Crippen LogP contribution in [0.25, 0.3) is 0 Å². The van der Waals surface area contributed by atoms with Gasteiger partial charge < -0.3 is 11.1 Å². The van der Waals surface area contributed by atoms with Crippen LogP contribution in [0.5, 0.6) is 0 Å². The molecule has 0 saturated carbocycles. The molecule has 0 radical (unpaired) electrons. The van der Waals surface area contributed by atoms with Crippen LogP contribution in [0.2, 0.25) is 0 Å². The normalized spacial score (nSPS) is 13.8. The first-order valence-electron chi connectivity index (χ1n) is 5.09. The standard InChI is InChI=1S/C11H14BrF3N2/c1-7-2-3-8(9(12)4-7)10(5-16)17-6-11(13,14)15/h2-4,10,17H,5-6,16H2,1H3. The van der Waals surface area contributed by atoms with Gasteiger partial charge in [0.15, 0.2) is 0 Å². The Morgan fingerprint density at radius 2 is 2.06 bits per heavy atom. The van der Waals surface area contributed by atoms with Gasteiger partial charge in [-0.05, 0) is 24.1 Å². The second kappa shape index (κ2) is 5.84. The van der Waals surface area contributed by atoms with Crippen molar-refractivity contribution in [3.8, 4) is 0 Å². The van der Waals surface area contributed by atoms with E-state index in [0.29, 0.717) is 0 Å². The van der Waals surface area contributed by atoms with Crippen LogP contribution in [0.1, 0.15) is 17.2 Å². The van der Waals surface area contributed by atoms with Crippen LogP contribution >= 0.6 is 15.9 Å².